The third-order valence-corrected chi connectivity index (χ3v) is 4.36. The van der Waals surface area contributed by atoms with E-state index in [1.165, 1.54) is 12.1 Å². The first-order valence-corrected chi connectivity index (χ1v) is 8.25. The number of thioether (sulfide) groups is 1. The number of pyridine rings is 1. The van der Waals surface area contributed by atoms with Gasteiger partial charge in [-0.05, 0) is 18.2 Å². The molecule has 3 aromatic rings. The number of hydrogen-bond acceptors (Lipinski definition) is 4. The van der Waals surface area contributed by atoms with Crippen LogP contribution in [-0.4, -0.2) is 26.3 Å². The van der Waals surface area contributed by atoms with Crippen molar-refractivity contribution in [1.29, 1.82) is 0 Å². The number of carbonyl (C=O) groups excluding carboxylic acids is 1. The average molecular weight is 389 g/mol. The monoisotopic (exact) mass is 388 g/mol. The molecule has 24 heavy (non-hydrogen) atoms. The van der Waals surface area contributed by atoms with Gasteiger partial charge in [0.1, 0.15) is 0 Å². The van der Waals surface area contributed by atoms with E-state index in [1.807, 2.05) is 0 Å². The number of amides is 1. The lowest BCUT2D eigenvalue weighted by Crippen LogP contribution is -2.14. The molecule has 2 aromatic heterocycles. The minimum absolute atomic E-state index is 0.01000. The predicted octanol–water partition coefficient (Wildman–Crippen LogP) is 4.05. The third kappa shape index (κ3) is 3.61. The van der Waals surface area contributed by atoms with Crippen LogP contribution in [0.3, 0.4) is 0 Å². The largest absolute Gasteiger partial charge is 0.325 e. The van der Waals surface area contributed by atoms with Crippen molar-refractivity contribution in [2.75, 3.05) is 11.1 Å². The molecule has 0 unspecified atom stereocenters. The summed E-state index contributed by atoms with van der Waals surface area (Å²) in [5, 5.41) is 11.5. The van der Waals surface area contributed by atoms with Crippen molar-refractivity contribution in [3.63, 3.8) is 0 Å². The number of aromatic nitrogens is 3. The number of nitrogens with one attached hydrogen (secondary N) is 1. The Morgan fingerprint density at radius 2 is 2.00 bits per heavy atom. The van der Waals surface area contributed by atoms with Gasteiger partial charge < -0.3 is 5.32 Å². The maximum Gasteiger partial charge on any atom is 0.234 e. The summed E-state index contributed by atoms with van der Waals surface area (Å²) in [5.74, 6) is -2.43. The summed E-state index contributed by atoms with van der Waals surface area (Å²) in [4.78, 5) is 11.9. The summed E-state index contributed by atoms with van der Waals surface area (Å²) in [7, 11) is 0. The van der Waals surface area contributed by atoms with Gasteiger partial charge in [0.05, 0.1) is 15.8 Å². The number of benzene rings is 1. The molecule has 2 heterocycles. The topological polar surface area (TPSA) is 59.3 Å². The molecule has 124 valence electrons. The zero-order valence-corrected chi connectivity index (χ0v) is 14.1. The van der Waals surface area contributed by atoms with Gasteiger partial charge in [0.25, 0.3) is 0 Å². The van der Waals surface area contributed by atoms with Gasteiger partial charge in [-0.25, -0.2) is 8.78 Å². The van der Waals surface area contributed by atoms with Crippen LogP contribution in [0.5, 0.6) is 0 Å². The fourth-order valence-electron chi connectivity index (χ4n) is 1.90. The number of fused-ring (bicyclic) bond motifs is 1. The molecule has 1 aromatic carbocycles. The lowest BCUT2D eigenvalue weighted by atomic mass is 10.3. The van der Waals surface area contributed by atoms with Gasteiger partial charge in [-0.1, -0.05) is 35.0 Å². The fraction of sp³-hybridized carbons (Fsp3) is 0.0714. The van der Waals surface area contributed by atoms with Crippen molar-refractivity contribution in [2.45, 2.75) is 5.16 Å². The first-order chi connectivity index (χ1) is 11.4. The van der Waals surface area contributed by atoms with Crippen LogP contribution in [0.4, 0.5) is 14.5 Å². The van der Waals surface area contributed by atoms with Gasteiger partial charge in [-0.15, -0.1) is 10.2 Å². The standard InChI is InChI=1S/C14H8Cl2F2N4OS/c15-7-3-9(16)13-20-21-14(22(13)5-7)24-6-12(23)19-8-1-2-10(17)11(18)4-8/h1-5H,6H2,(H,19,23). The van der Waals surface area contributed by atoms with Crippen LogP contribution in [0.1, 0.15) is 0 Å². The van der Waals surface area contributed by atoms with Crippen LogP contribution in [0.15, 0.2) is 35.6 Å². The maximum absolute atomic E-state index is 13.1. The highest BCUT2D eigenvalue weighted by Gasteiger charge is 2.13. The van der Waals surface area contributed by atoms with E-state index in [0.717, 1.165) is 23.9 Å². The Labute approximate surface area is 149 Å². The van der Waals surface area contributed by atoms with E-state index < -0.39 is 17.5 Å². The van der Waals surface area contributed by atoms with Crippen molar-refractivity contribution in [3.05, 3.63) is 52.1 Å². The van der Waals surface area contributed by atoms with E-state index in [0.29, 0.717) is 20.8 Å². The van der Waals surface area contributed by atoms with Crippen LogP contribution in [0.2, 0.25) is 10.0 Å². The van der Waals surface area contributed by atoms with E-state index in [2.05, 4.69) is 15.5 Å². The smallest absolute Gasteiger partial charge is 0.234 e. The zero-order valence-electron chi connectivity index (χ0n) is 11.8. The van der Waals surface area contributed by atoms with E-state index in [4.69, 9.17) is 23.2 Å². The number of anilines is 1. The molecule has 3 rings (SSSR count). The molecule has 1 N–H and O–H groups in total. The predicted molar refractivity (Wildman–Crippen MR) is 88.7 cm³/mol. The van der Waals surface area contributed by atoms with E-state index in [1.54, 1.807) is 10.6 Å². The molecular formula is C14H8Cl2F2N4OS. The Bertz CT molecular complexity index is 935. The second-order valence-corrected chi connectivity index (χ2v) is 6.43. The van der Waals surface area contributed by atoms with Crippen molar-refractivity contribution < 1.29 is 13.6 Å². The molecule has 0 spiro atoms. The Morgan fingerprint density at radius 1 is 1.21 bits per heavy atom. The second kappa shape index (κ2) is 6.92. The molecule has 0 aliphatic carbocycles. The van der Waals surface area contributed by atoms with Gasteiger partial charge in [-0.2, -0.15) is 0 Å². The molecular weight excluding hydrogens is 381 g/mol. The van der Waals surface area contributed by atoms with E-state index in [-0.39, 0.29) is 11.4 Å². The van der Waals surface area contributed by atoms with Crippen molar-refractivity contribution in [3.8, 4) is 0 Å². The van der Waals surface area contributed by atoms with E-state index in [9.17, 15) is 13.6 Å². The number of nitrogens with zero attached hydrogens (tertiary/aromatic N) is 3. The minimum atomic E-state index is -1.03. The molecule has 1 amide bonds. The van der Waals surface area contributed by atoms with Gasteiger partial charge in [-0.3, -0.25) is 9.20 Å². The summed E-state index contributed by atoms with van der Waals surface area (Å²) < 4.78 is 27.5. The SMILES string of the molecule is O=C(CSc1nnc2c(Cl)cc(Cl)cn12)Nc1ccc(F)c(F)c1. The van der Waals surface area contributed by atoms with Crippen LogP contribution in [0, 0.1) is 11.6 Å². The minimum Gasteiger partial charge on any atom is -0.325 e. The van der Waals surface area contributed by atoms with Gasteiger partial charge in [0.15, 0.2) is 22.4 Å². The lowest BCUT2D eigenvalue weighted by molar-refractivity contribution is -0.113. The van der Waals surface area contributed by atoms with Crippen molar-refractivity contribution in [1.82, 2.24) is 14.6 Å². The zero-order chi connectivity index (χ0) is 17.3. The maximum atomic E-state index is 13.1. The highest BCUT2D eigenvalue weighted by atomic mass is 35.5. The Hall–Kier alpha value is -1.90. The molecule has 0 aliphatic rings. The number of hydrogen-bond donors (Lipinski definition) is 1. The first kappa shape index (κ1) is 16.9. The normalized spacial score (nSPS) is 11.0. The van der Waals surface area contributed by atoms with Crippen LogP contribution in [0.25, 0.3) is 5.65 Å². The van der Waals surface area contributed by atoms with Crippen molar-refractivity contribution in [2.24, 2.45) is 0 Å². The summed E-state index contributed by atoms with van der Waals surface area (Å²) in [5.41, 5.74) is 0.585. The molecule has 0 radical (unpaired) electrons. The molecule has 5 nitrogen and oxygen atoms in total. The number of halogens is 4. The summed E-state index contributed by atoms with van der Waals surface area (Å²) in [6.07, 6.45) is 1.58. The molecule has 0 fully saturated rings. The Kier molecular flexibility index (Phi) is 4.88. The van der Waals surface area contributed by atoms with Crippen molar-refractivity contribution >= 4 is 52.2 Å². The average Bonchev–Trinajstić information content (AvgIpc) is 2.92. The second-order valence-electron chi connectivity index (χ2n) is 4.65. The summed E-state index contributed by atoms with van der Waals surface area (Å²) >= 11 is 13.0. The molecule has 0 saturated heterocycles. The number of rotatable bonds is 4. The van der Waals surface area contributed by atoms with Gasteiger partial charge in [0, 0.05) is 18.0 Å². The van der Waals surface area contributed by atoms with Gasteiger partial charge >= 0.3 is 0 Å². The fourth-order valence-corrected chi connectivity index (χ4v) is 3.12. The summed E-state index contributed by atoms with van der Waals surface area (Å²) in [6, 6.07) is 4.66. The van der Waals surface area contributed by atoms with E-state index >= 15 is 0 Å². The Balaban J connectivity index is 1.69. The number of carbonyl (C=O) groups is 1. The third-order valence-electron chi connectivity index (χ3n) is 2.93. The van der Waals surface area contributed by atoms with Crippen LogP contribution >= 0.6 is 35.0 Å². The highest BCUT2D eigenvalue weighted by molar-refractivity contribution is 7.99. The van der Waals surface area contributed by atoms with Crippen LogP contribution in [-0.2, 0) is 4.79 Å². The lowest BCUT2D eigenvalue weighted by Gasteiger charge is -2.05. The van der Waals surface area contributed by atoms with Gasteiger partial charge in [0.2, 0.25) is 5.91 Å². The Morgan fingerprint density at radius 3 is 2.75 bits per heavy atom. The molecule has 0 atom stereocenters. The summed E-state index contributed by atoms with van der Waals surface area (Å²) in [6.45, 7) is 0. The molecule has 0 aliphatic heterocycles. The quantitative estimate of drug-likeness (QED) is 0.685. The molecule has 10 heteroatoms. The first-order valence-electron chi connectivity index (χ1n) is 6.51. The molecule has 0 saturated carbocycles. The van der Waals surface area contributed by atoms with Crippen LogP contribution < -0.4 is 5.32 Å². The highest BCUT2D eigenvalue weighted by Crippen LogP contribution is 2.25. The molecule has 0 bridgehead atoms.